The normalized spacial score (nSPS) is 16.0. The zero-order valence-electron chi connectivity index (χ0n) is 22.1. The summed E-state index contributed by atoms with van der Waals surface area (Å²) in [5.74, 6) is 0.273. The number of anilines is 1. The molecule has 200 valence electrons. The van der Waals surface area contributed by atoms with Crippen LogP contribution in [0, 0.1) is 30.6 Å². The van der Waals surface area contributed by atoms with Crippen LogP contribution in [-0.2, 0) is 4.79 Å². The maximum atomic E-state index is 15.2. The topological polar surface area (TPSA) is 112 Å². The fraction of sp³-hybridized carbons (Fsp3) is 0.464. The van der Waals surface area contributed by atoms with Gasteiger partial charge < -0.3 is 10.1 Å². The first-order valence-electron chi connectivity index (χ1n) is 13.1. The summed E-state index contributed by atoms with van der Waals surface area (Å²) in [7, 11) is 1.53. The van der Waals surface area contributed by atoms with E-state index in [0.29, 0.717) is 40.1 Å². The maximum Gasteiger partial charge on any atom is 0.330 e. The summed E-state index contributed by atoms with van der Waals surface area (Å²) in [4.78, 5) is 33.9. The molecule has 10 heteroatoms. The van der Waals surface area contributed by atoms with E-state index < -0.39 is 12.0 Å². The Morgan fingerprint density at radius 2 is 1.84 bits per heavy atom. The number of H-pyrrole nitrogens is 1. The van der Waals surface area contributed by atoms with Gasteiger partial charge in [-0.3, -0.25) is 14.5 Å². The Morgan fingerprint density at radius 1 is 1.13 bits per heavy atom. The number of nitrogens with zero attached hydrogens (tertiary/aromatic N) is 3. The Labute approximate surface area is 221 Å². The highest BCUT2D eigenvalue weighted by Crippen LogP contribution is 2.51. The van der Waals surface area contributed by atoms with Gasteiger partial charge in [0.2, 0.25) is 0 Å². The molecule has 0 bridgehead atoms. The van der Waals surface area contributed by atoms with Crippen molar-refractivity contribution >= 4 is 17.6 Å². The van der Waals surface area contributed by atoms with E-state index in [4.69, 9.17) is 4.74 Å². The second-order valence-electron chi connectivity index (χ2n) is 10.6. The number of carbonyl (C=O) groups is 2. The van der Waals surface area contributed by atoms with Gasteiger partial charge in [-0.1, -0.05) is 0 Å². The molecule has 1 atom stereocenters. The van der Waals surface area contributed by atoms with Gasteiger partial charge in [0.15, 0.2) is 0 Å². The molecule has 0 aromatic carbocycles. The number of halogens is 1. The summed E-state index contributed by atoms with van der Waals surface area (Å²) < 4.78 is 22.1. The number of nitrogens with one attached hydrogen (secondary N) is 3. The number of amides is 2. The summed E-state index contributed by atoms with van der Waals surface area (Å²) in [6.07, 6.45) is 7.36. The highest BCUT2D eigenvalue weighted by Gasteiger charge is 2.49. The number of aryl methyl sites for hydroxylation is 1. The van der Waals surface area contributed by atoms with Crippen LogP contribution < -0.4 is 20.4 Å². The van der Waals surface area contributed by atoms with Crippen LogP contribution in [0.15, 0.2) is 36.7 Å². The first-order chi connectivity index (χ1) is 18.3. The van der Waals surface area contributed by atoms with Gasteiger partial charge in [0.1, 0.15) is 17.5 Å². The molecule has 3 N–H and O–H groups in total. The van der Waals surface area contributed by atoms with Crippen molar-refractivity contribution in [3.63, 3.8) is 0 Å². The Balaban J connectivity index is 1.39. The predicted octanol–water partition coefficient (Wildman–Crippen LogP) is 3.97. The van der Waals surface area contributed by atoms with Gasteiger partial charge in [-0.25, -0.2) is 15.1 Å². The number of rotatable bonds is 10. The van der Waals surface area contributed by atoms with Crippen LogP contribution in [0.4, 0.5) is 10.2 Å². The van der Waals surface area contributed by atoms with Crippen LogP contribution in [0.3, 0.4) is 0 Å². The first-order valence-corrected chi connectivity index (χ1v) is 13.1. The van der Waals surface area contributed by atoms with Crippen molar-refractivity contribution < 1.29 is 23.7 Å². The molecule has 2 saturated carbocycles. The lowest BCUT2D eigenvalue weighted by molar-refractivity contribution is -0.404. The number of aromatic amines is 1. The Bertz CT molecular complexity index is 1340. The highest BCUT2D eigenvalue weighted by molar-refractivity contribution is 6.00. The van der Waals surface area contributed by atoms with Crippen molar-refractivity contribution in [3.05, 3.63) is 54.0 Å². The van der Waals surface area contributed by atoms with E-state index in [9.17, 15) is 9.59 Å². The zero-order valence-corrected chi connectivity index (χ0v) is 22.1. The molecule has 0 unspecified atom stereocenters. The minimum absolute atomic E-state index is 0.000182. The van der Waals surface area contributed by atoms with Gasteiger partial charge in [-0.2, -0.15) is 9.49 Å². The smallest absolute Gasteiger partial charge is 0.330 e. The van der Waals surface area contributed by atoms with Gasteiger partial charge in [-0.15, -0.1) is 0 Å². The first kappa shape index (κ1) is 25.8. The molecule has 2 aliphatic carbocycles. The van der Waals surface area contributed by atoms with Crippen molar-refractivity contribution in [3.8, 4) is 16.9 Å². The lowest BCUT2D eigenvalue weighted by Gasteiger charge is -2.25. The largest absolute Gasteiger partial charge is 0.495 e. The van der Waals surface area contributed by atoms with E-state index in [2.05, 4.69) is 25.7 Å². The van der Waals surface area contributed by atoms with Crippen LogP contribution in [0.2, 0.25) is 0 Å². The molecule has 2 amide bonds. The van der Waals surface area contributed by atoms with Gasteiger partial charge >= 0.3 is 5.91 Å². The number of pyridine rings is 2. The summed E-state index contributed by atoms with van der Waals surface area (Å²) in [5, 5.41) is 10.1. The molecule has 5 rings (SSSR count). The molecule has 0 radical (unpaired) electrons. The van der Waals surface area contributed by atoms with Gasteiger partial charge in [0.05, 0.1) is 18.9 Å². The van der Waals surface area contributed by atoms with E-state index >= 15 is 4.39 Å². The average Bonchev–Trinajstić information content (AvgIpc) is 3.83. The molecule has 9 nitrogen and oxygen atoms in total. The minimum Gasteiger partial charge on any atom is -0.495 e. The molecule has 2 fully saturated rings. The second-order valence-corrected chi connectivity index (χ2v) is 10.6. The number of hydrogen-bond acceptors (Lipinski definition) is 5. The fourth-order valence-corrected chi connectivity index (χ4v) is 5.21. The number of aromatic nitrogens is 4. The summed E-state index contributed by atoms with van der Waals surface area (Å²) in [6.45, 7) is 5.68. The van der Waals surface area contributed by atoms with E-state index in [-0.39, 0.29) is 29.6 Å². The molecule has 3 aromatic rings. The molecule has 0 saturated heterocycles. The Hall–Kier alpha value is -3.82. The third-order valence-electron chi connectivity index (χ3n) is 7.42. The van der Waals surface area contributed by atoms with E-state index in [1.54, 1.807) is 48.3 Å². The number of methoxy groups -OCH3 is 1. The third kappa shape index (κ3) is 5.39. The number of hydrogen-bond donors (Lipinski definition) is 2. The lowest BCUT2D eigenvalue weighted by atomic mass is 9.88. The summed E-state index contributed by atoms with van der Waals surface area (Å²) in [5.41, 5.74) is 1.96. The Kier molecular flexibility index (Phi) is 7.14. The summed E-state index contributed by atoms with van der Waals surface area (Å²) in [6, 6.07) is 5.85. The second kappa shape index (κ2) is 10.5. The van der Waals surface area contributed by atoms with Gasteiger partial charge in [-0.05, 0) is 82.4 Å². The van der Waals surface area contributed by atoms with E-state index in [1.165, 1.54) is 7.11 Å². The predicted molar refractivity (Wildman–Crippen MR) is 139 cm³/mol. The van der Waals surface area contributed by atoms with Crippen LogP contribution in [0.5, 0.6) is 5.75 Å². The monoisotopic (exact) mass is 521 g/mol. The Morgan fingerprint density at radius 3 is 2.45 bits per heavy atom. The molecule has 0 aliphatic heterocycles. The highest BCUT2D eigenvalue weighted by atomic mass is 19.1. The fourth-order valence-electron chi connectivity index (χ4n) is 5.21. The molecule has 2 aliphatic rings. The van der Waals surface area contributed by atoms with Gasteiger partial charge in [0.25, 0.3) is 17.7 Å². The van der Waals surface area contributed by atoms with Crippen molar-refractivity contribution in [1.29, 1.82) is 0 Å². The molecule has 38 heavy (non-hydrogen) atoms. The van der Waals surface area contributed by atoms with Crippen LogP contribution in [0.1, 0.15) is 61.8 Å². The van der Waals surface area contributed by atoms with Crippen molar-refractivity contribution in [2.24, 2.45) is 17.8 Å². The van der Waals surface area contributed by atoms with Crippen molar-refractivity contribution in [2.75, 3.05) is 12.4 Å². The van der Waals surface area contributed by atoms with Crippen molar-refractivity contribution in [2.45, 2.75) is 58.5 Å². The molecule has 3 aromatic heterocycles. The third-order valence-corrected chi connectivity index (χ3v) is 7.42. The van der Waals surface area contributed by atoms with Crippen LogP contribution >= 0.6 is 0 Å². The quantitative estimate of drug-likeness (QED) is 0.392. The van der Waals surface area contributed by atoms with Crippen LogP contribution in [-0.4, -0.2) is 39.7 Å². The summed E-state index contributed by atoms with van der Waals surface area (Å²) >= 11 is 0. The van der Waals surface area contributed by atoms with E-state index in [0.717, 1.165) is 25.7 Å². The van der Waals surface area contributed by atoms with Crippen molar-refractivity contribution in [1.82, 2.24) is 20.1 Å². The maximum absolute atomic E-state index is 15.2. The molecule has 0 spiro atoms. The van der Waals surface area contributed by atoms with Crippen LogP contribution in [0.25, 0.3) is 11.1 Å². The molecular formula is C28H34FN6O3+. The minimum atomic E-state index is -0.737. The standard InChI is InChI=1S/C28H33FN6O3/c1-15(2)35-22(11-12-31-35)27(36)34-25(24(17-5-6-17)18-7-8-18)28(37)33-23-10-9-20(26(29)32-23)21-13-19(38-4)14-30-16(21)3/h9-15,17-18,24-25H,5-8H2,1-4H3,(H,34,36)(H,32,33,37)/p+1/t25-/m0/s1. The number of ether oxygens (including phenoxy) is 1. The van der Waals surface area contributed by atoms with Gasteiger partial charge in [0, 0.05) is 29.6 Å². The lowest BCUT2D eigenvalue weighted by Crippen LogP contribution is -2.50. The molecular weight excluding hydrogens is 487 g/mol. The molecule has 3 heterocycles. The zero-order chi connectivity index (χ0) is 27.0. The SMILES string of the molecule is COc1cnc(C)c(-c2ccc(NC(=O)[C@@H](NC(=O)c3ccnn3C(C)C)C(C3CC3)C3CC3)[nH+]c2F)c1. The average molecular weight is 522 g/mol. The number of carbonyl (C=O) groups excluding carboxylic acids is 2. The van der Waals surface area contributed by atoms with E-state index in [1.807, 2.05) is 13.8 Å².